The van der Waals surface area contributed by atoms with Crippen LogP contribution in [0.5, 0.6) is 0 Å². The standard InChI is InChI=1S/C41H40ClNO5/c1-28(43(39(44)25-36(41(47)48)26-40(45)46)27-30-16-18-32-11-6-8-13-35(32)24-30)38(33-19-21-37(42)22-20-33)14-4-2-3-9-29-15-17-31-10-5-7-12-34(31)23-29/h3,5-13,15-24,28,36,38H,2,4,14,25-27H2,1H3,(H,45,46)(H,47,48). The van der Waals surface area contributed by atoms with E-state index in [0.29, 0.717) is 5.02 Å². The summed E-state index contributed by atoms with van der Waals surface area (Å²) in [7, 11) is 0. The van der Waals surface area contributed by atoms with Crippen LogP contribution in [0.25, 0.3) is 27.6 Å². The van der Waals surface area contributed by atoms with Gasteiger partial charge in [-0.15, -0.1) is 0 Å². The number of carboxylic acid groups (broad SMARTS) is 2. The van der Waals surface area contributed by atoms with E-state index in [1.807, 2.05) is 85.8 Å². The molecule has 0 saturated heterocycles. The maximum atomic E-state index is 14.0. The Morgan fingerprint density at radius 1 is 0.771 bits per heavy atom. The van der Waals surface area contributed by atoms with Crippen LogP contribution in [0.2, 0.25) is 5.02 Å². The van der Waals surface area contributed by atoms with Crippen LogP contribution in [0.4, 0.5) is 0 Å². The van der Waals surface area contributed by atoms with Gasteiger partial charge < -0.3 is 15.1 Å². The van der Waals surface area contributed by atoms with Crippen molar-refractivity contribution in [2.24, 2.45) is 5.92 Å². The van der Waals surface area contributed by atoms with Crippen LogP contribution in [0.3, 0.4) is 0 Å². The Hall–Kier alpha value is -4.94. The van der Waals surface area contributed by atoms with E-state index in [-0.39, 0.29) is 24.4 Å². The van der Waals surface area contributed by atoms with Crippen molar-refractivity contribution in [2.75, 3.05) is 0 Å². The predicted octanol–water partition coefficient (Wildman–Crippen LogP) is 9.60. The Morgan fingerprint density at radius 2 is 1.40 bits per heavy atom. The van der Waals surface area contributed by atoms with Crippen LogP contribution in [0.15, 0.2) is 115 Å². The normalized spacial score (nSPS) is 13.4. The first kappa shape index (κ1) is 34.4. The predicted molar refractivity (Wildman–Crippen MR) is 193 cm³/mol. The summed E-state index contributed by atoms with van der Waals surface area (Å²) in [5, 5.41) is 24.2. The van der Waals surface area contributed by atoms with E-state index in [1.54, 1.807) is 4.90 Å². The van der Waals surface area contributed by atoms with Crippen molar-refractivity contribution in [3.63, 3.8) is 0 Å². The van der Waals surface area contributed by atoms with Crippen LogP contribution in [-0.2, 0) is 20.9 Å². The lowest BCUT2D eigenvalue weighted by Crippen LogP contribution is -2.43. The van der Waals surface area contributed by atoms with Crippen LogP contribution in [0, 0.1) is 5.92 Å². The van der Waals surface area contributed by atoms with Crippen LogP contribution in [-0.4, -0.2) is 39.0 Å². The quantitative estimate of drug-likeness (QED) is 0.109. The highest BCUT2D eigenvalue weighted by Gasteiger charge is 2.32. The Labute approximate surface area is 286 Å². The van der Waals surface area contributed by atoms with Gasteiger partial charge in [-0.3, -0.25) is 14.4 Å². The van der Waals surface area contributed by atoms with Gasteiger partial charge in [0.1, 0.15) is 0 Å². The number of carboxylic acids is 2. The minimum absolute atomic E-state index is 0.0801. The monoisotopic (exact) mass is 661 g/mol. The first-order chi connectivity index (χ1) is 23.2. The third-order valence-electron chi connectivity index (χ3n) is 9.02. The molecule has 7 heteroatoms. The summed E-state index contributed by atoms with van der Waals surface area (Å²) in [6.45, 7) is 2.26. The molecule has 246 valence electrons. The molecule has 0 radical (unpaired) electrons. The Bertz CT molecular complexity index is 1920. The van der Waals surface area contributed by atoms with Crippen molar-refractivity contribution in [1.29, 1.82) is 0 Å². The number of nitrogens with zero attached hydrogens (tertiary/aromatic N) is 1. The summed E-state index contributed by atoms with van der Waals surface area (Å²) >= 11 is 6.26. The fraction of sp³-hybridized carbons (Fsp3) is 0.244. The summed E-state index contributed by atoms with van der Waals surface area (Å²) in [6.07, 6.45) is 5.75. The smallest absolute Gasteiger partial charge is 0.307 e. The van der Waals surface area contributed by atoms with Crippen molar-refractivity contribution in [3.05, 3.63) is 137 Å². The van der Waals surface area contributed by atoms with E-state index in [0.717, 1.165) is 46.7 Å². The number of benzene rings is 5. The molecular weight excluding hydrogens is 622 g/mol. The maximum absolute atomic E-state index is 14.0. The molecule has 0 spiro atoms. The zero-order valence-electron chi connectivity index (χ0n) is 27.0. The number of carbonyl (C=O) groups excluding carboxylic acids is 1. The van der Waals surface area contributed by atoms with E-state index in [2.05, 4.69) is 42.5 Å². The van der Waals surface area contributed by atoms with Gasteiger partial charge in [0, 0.05) is 29.9 Å². The van der Waals surface area contributed by atoms with Crippen molar-refractivity contribution < 1.29 is 24.6 Å². The molecule has 2 N–H and O–H groups in total. The van der Waals surface area contributed by atoms with Crippen molar-refractivity contribution in [2.45, 2.75) is 57.5 Å². The van der Waals surface area contributed by atoms with Gasteiger partial charge in [-0.1, -0.05) is 109 Å². The van der Waals surface area contributed by atoms with E-state index in [9.17, 15) is 24.6 Å². The fourth-order valence-electron chi connectivity index (χ4n) is 6.38. The van der Waals surface area contributed by atoms with Gasteiger partial charge in [-0.05, 0) is 88.7 Å². The minimum atomic E-state index is -1.32. The van der Waals surface area contributed by atoms with Crippen LogP contribution in [0.1, 0.15) is 61.6 Å². The molecule has 48 heavy (non-hydrogen) atoms. The molecule has 3 atom stereocenters. The molecular formula is C41H40ClNO5. The number of hydrogen-bond donors (Lipinski definition) is 2. The number of halogens is 1. The zero-order valence-corrected chi connectivity index (χ0v) is 27.7. The van der Waals surface area contributed by atoms with E-state index in [4.69, 9.17) is 11.6 Å². The second-order valence-electron chi connectivity index (χ2n) is 12.4. The lowest BCUT2D eigenvalue weighted by molar-refractivity contribution is -0.151. The number of aliphatic carboxylic acids is 2. The number of hydrogen-bond acceptors (Lipinski definition) is 3. The lowest BCUT2D eigenvalue weighted by Gasteiger charge is -2.36. The molecule has 0 aliphatic carbocycles. The van der Waals surface area contributed by atoms with Gasteiger partial charge in [-0.2, -0.15) is 0 Å². The van der Waals surface area contributed by atoms with Crippen molar-refractivity contribution in [3.8, 4) is 0 Å². The summed E-state index contributed by atoms with van der Waals surface area (Å²) < 4.78 is 0. The largest absolute Gasteiger partial charge is 0.481 e. The molecule has 0 saturated carbocycles. The summed E-state index contributed by atoms with van der Waals surface area (Å²) in [6, 6.07) is 36.1. The SMILES string of the molecule is CC(C(CCCC=Cc1ccc2ccccc2c1)c1ccc(Cl)cc1)N(Cc1ccc2ccccc2c1)C(=O)CC(CC(=O)O)C(=O)O. The summed E-state index contributed by atoms with van der Waals surface area (Å²) in [5.74, 6) is -4.34. The molecule has 0 aliphatic rings. The van der Waals surface area contributed by atoms with Gasteiger partial charge in [0.05, 0.1) is 12.3 Å². The number of carbonyl (C=O) groups is 3. The van der Waals surface area contributed by atoms with Gasteiger partial charge >= 0.3 is 11.9 Å². The topological polar surface area (TPSA) is 94.9 Å². The second-order valence-corrected chi connectivity index (χ2v) is 12.8. The molecule has 0 aliphatic heterocycles. The summed E-state index contributed by atoms with van der Waals surface area (Å²) in [5.41, 5.74) is 3.08. The number of rotatable bonds is 15. The van der Waals surface area contributed by atoms with Gasteiger partial charge in [-0.25, -0.2) is 0 Å². The number of fused-ring (bicyclic) bond motifs is 2. The Balaban J connectivity index is 1.39. The highest BCUT2D eigenvalue weighted by Crippen LogP contribution is 2.32. The third-order valence-corrected chi connectivity index (χ3v) is 9.27. The van der Waals surface area contributed by atoms with E-state index >= 15 is 0 Å². The number of allylic oxidation sites excluding steroid dienone is 1. The molecule has 0 bridgehead atoms. The molecule has 0 fully saturated rings. The van der Waals surface area contributed by atoms with Crippen molar-refractivity contribution in [1.82, 2.24) is 4.90 Å². The van der Waals surface area contributed by atoms with Gasteiger partial charge in [0.15, 0.2) is 0 Å². The average Bonchev–Trinajstić information content (AvgIpc) is 3.08. The van der Waals surface area contributed by atoms with E-state index in [1.165, 1.54) is 10.8 Å². The van der Waals surface area contributed by atoms with Crippen LogP contribution < -0.4 is 0 Å². The minimum Gasteiger partial charge on any atom is -0.481 e. The third kappa shape index (κ3) is 9.11. The highest BCUT2D eigenvalue weighted by molar-refractivity contribution is 6.30. The summed E-state index contributed by atoms with van der Waals surface area (Å²) in [4.78, 5) is 39.2. The molecule has 1 amide bonds. The molecule has 0 aromatic heterocycles. The molecule has 5 aromatic rings. The zero-order chi connectivity index (χ0) is 34.0. The Kier molecular flexibility index (Phi) is 11.6. The molecule has 5 rings (SSSR count). The number of amides is 1. The average molecular weight is 662 g/mol. The first-order valence-corrected chi connectivity index (χ1v) is 16.7. The first-order valence-electron chi connectivity index (χ1n) is 16.3. The number of unbranched alkanes of at least 4 members (excludes halogenated alkanes) is 1. The van der Waals surface area contributed by atoms with E-state index < -0.39 is 30.7 Å². The van der Waals surface area contributed by atoms with Crippen LogP contribution >= 0.6 is 11.6 Å². The van der Waals surface area contributed by atoms with Gasteiger partial charge in [0.2, 0.25) is 5.91 Å². The highest BCUT2D eigenvalue weighted by atomic mass is 35.5. The lowest BCUT2D eigenvalue weighted by atomic mass is 9.86. The molecule has 6 nitrogen and oxygen atoms in total. The maximum Gasteiger partial charge on any atom is 0.307 e. The molecule has 3 unspecified atom stereocenters. The van der Waals surface area contributed by atoms with Gasteiger partial charge in [0.25, 0.3) is 0 Å². The molecule has 5 aromatic carbocycles. The Morgan fingerprint density at radius 3 is 2.04 bits per heavy atom. The molecule has 0 heterocycles. The second kappa shape index (κ2) is 16.2. The fourth-order valence-corrected chi connectivity index (χ4v) is 6.50. The van der Waals surface area contributed by atoms with Crippen molar-refractivity contribution >= 4 is 57.1 Å².